The molecule has 7 nitrogen and oxygen atoms in total. The molecule has 10 heteroatoms. The minimum Gasteiger partial charge on any atom is -0.383 e. The van der Waals surface area contributed by atoms with Crippen LogP contribution in [0.5, 0.6) is 0 Å². The maximum Gasteiger partial charge on any atom is 0.401 e. The third kappa shape index (κ3) is 6.49. The van der Waals surface area contributed by atoms with Gasteiger partial charge in [-0.05, 0) is 81.4 Å². The van der Waals surface area contributed by atoms with Gasteiger partial charge in [0.05, 0.1) is 12.6 Å². The molecule has 2 aliphatic rings. The highest BCUT2D eigenvalue weighted by molar-refractivity contribution is 6.09. The van der Waals surface area contributed by atoms with Crippen molar-refractivity contribution in [2.45, 2.75) is 51.7 Å². The number of alkyl halides is 3. The van der Waals surface area contributed by atoms with E-state index < -0.39 is 12.7 Å². The number of nitrogens with one attached hydrogen (secondary N) is 2. The number of hydrogen-bond acceptors (Lipinski definition) is 3. The molecule has 4 rings (SSSR count). The highest BCUT2D eigenvalue weighted by Crippen LogP contribution is 2.31. The number of carbonyl (C=O) groups is 1. The Kier molecular flexibility index (Phi) is 7.87. The van der Waals surface area contributed by atoms with E-state index in [1.807, 2.05) is 57.2 Å². The molecule has 1 saturated heterocycles. The third-order valence-corrected chi connectivity index (χ3v) is 6.90. The number of nitrogens with two attached hydrogens (primary N) is 1. The summed E-state index contributed by atoms with van der Waals surface area (Å²) in [5.41, 5.74) is 11.4. The number of rotatable bonds is 5. The minimum absolute atomic E-state index is 0.0702. The van der Waals surface area contributed by atoms with Crippen molar-refractivity contribution in [3.8, 4) is 0 Å². The lowest BCUT2D eigenvalue weighted by Gasteiger charge is -2.32. The van der Waals surface area contributed by atoms with E-state index in [0.717, 1.165) is 27.9 Å². The van der Waals surface area contributed by atoms with Crippen LogP contribution in [0.25, 0.3) is 0 Å². The van der Waals surface area contributed by atoms with Gasteiger partial charge >= 0.3 is 6.18 Å². The molecule has 1 atom stereocenters. The summed E-state index contributed by atoms with van der Waals surface area (Å²) in [6, 6.07) is 11.5. The molecule has 198 valence electrons. The number of likely N-dealkylation sites (tertiary alicyclic amines) is 1. The lowest BCUT2D eigenvalue weighted by molar-refractivity contribution is -0.147. The number of carbonyl (C=O) groups excluding carboxylic acids is 1. The fourth-order valence-electron chi connectivity index (χ4n) is 4.92. The molecule has 2 aromatic carbocycles. The Morgan fingerprint density at radius 1 is 1.19 bits per heavy atom. The van der Waals surface area contributed by atoms with Crippen molar-refractivity contribution in [1.82, 2.24) is 10.2 Å². The molecular formula is C27H33F3N6O. The van der Waals surface area contributed by atoms with Crippen LogP contribution in [0.4, 0.5) is 18.9 Å². The Bertz CT molecular complexity index is 1200. The molecule has 37 heavy (non-hydrogen) atoms. The normalized spacial score (nSPS) is 19.6. The standard InChI is InChI=1S/C27H33F3N6O/c1-4-32-26(34-23-14-21-17(3)33-25(37)22(21)13-16(23)2)35-24(31)20-7-5-18(6-8-20)19-9-11-36(12-10-19)15-27(28,29)30/h5-8,13-14,17,19H,4,9-12,15H2,1-3H3,(H,33,37)(H3,31,32,34,35). The number of hydrogen-bond donors (Lipinski definition) is 3. The van der Waals surface area contributed by atoms with Crippen LogP contribution < -0.4 is 16.4 Å². The van der Waals surface area contributed by atoms with Crippen LogP contribution >= 0.6 is 0 Å². The molecule has 2 aromatic rings. The van der Waals surface area contributed by atoms with Gasteiger partial charge in [0.15, 0.2) is 0 Å². The van der Waals surface area contributed by atoms with Crippen molar-refractivity contribution in [2.75, 3.05) is 31.5 Å². The maximum atomic E-state index is 12.7. The van der Waals surface area contributed by atoms with Gasteiger partial charge in [-0.2, -0.15) is 18.2 Å². The number of amidine groups is 1. The number of aliphatic imine (C=N–C) groups is 2. The number of benzene rings is 2. The molecule has 0 radical (unpaired) electrons. The van der Waals surface area contributed by atoms with E-state index in [-0.39, 0.29) is 17.9 Å². The van der Waals surface area contributed by atoms with E-state index >= 15 is 0 Å². The summed E-state index contributed by atoms with van der Waals surface area (Å²) in [7, 11) is 0. The number of fused-ring (bicyclic) bond motifs is 1. The Morgan fingerprint density at radius 3 is 2.49 bits per heavy atom. The van der Waals surface area contributed by atoms with Crippen LogP contribution in [-0.2, 0) is 0 Å². The molecule has 0 spiro atoms. The summed E-state index contributed by atoms with van der Waals surface area (Å²) >= 11 is 0. The van der Waals surface area contributed by atoms with Crippen LogP contribution in [0.3, 0.4) is 0 Å². The monoisotopic (exact) mass is 514 g/mol. The van der Waals surface area contributed by atoms with Gasteiger partial charge in [-0.15, -0.1) is 0 Å². The Hall–Kier alpha value is -3.40. The molecule has 0 aromatic heterocycles. The lowest BCUT2D eigenvalue weighted by atomic mass is 9.89. The third-order valence-electron chi connectivity index (χ3n) is 6.90. The minimum atomic E-state index is -4.16. The van der Waals surface area contributed by atoms with Crippen LogP contribution in [0, 0.1) is 6.92 Å². The van der Waals surface area contributed by atoms with Crippen LogP contribution in [0.2, 0.25) is 0 Å². The molecule has 1 unspecified atom stereocenters. The van der Waals surface area contributed by atoms with E-state index in [4.69, 9.17) is 5.73 Å². The summed E-state index contributed by atoms with van der Waals surface area (Å²) in [4.78, 5) is 22.6. The lowest BCUT2D eigenvalue weighted by Crippen LogP contribution is -2.39. The highest BCUT2D eigenvalue weighted by Gasteiger charge is 2.32. The molecule has 4 N–H and O–H groups in total. The molecule has 0 saturated carbocycles. The van der Waals surface area contributed by atoms with Crippen LogP contribution in [0.15, 0.2) is 46.4 Å². The number of anilines is 1. The first-order valence-electron chi connectivity index (χ1n) is 12.5. The van der Waals surface area contributed by atoms with E-state index in [1.54, 1.807) is 0 Å². The number of amides is 1. The zero-order valence-electron chi connectivity index (χ0n) is 21.3. The van der Waals surface area contributed by atoms with Crippen molar-refractivity contribution >= 4 is 23.4 Å². The average Bonchev–Trinajstić information content (AvgIpc) is 3.11. The van der Waals surface area contributed by atoms with E-state index in [2.05, 4.69) is 20.6 Å². The molecule has 2 aliphatic heterocycles. The maximum absolute atomic E-state index is 12.7. The second-order valence-electron chi connectivity index (χ2n) is 9.66. The number of halogens is 3. The predicted molar refractivity (Wildman–Crippen MR) is 140 cm³/mol. The quantitative estimate of drug-likeness (QED) is 0.397. The van der Waals surface area contributed by atoms with Crippen molar-refractivity contribution < 1.29 is 18.0 Å². The number of piperidine rings is 1. The SMILES string of the molecule is CCN=C(/N=C(\N)c1ccc(C2CCN(CC(F)(F)F)CC2)cc1)Nc1cc2c(cc1C)C(=O)NC2C. The number of guanidine groups is 1. The molecule has 1 fully saturated rings. The smallest absolute Gasteiger partial charge is 0.383 e. The second kappa shape index (κ2) is 10.9. The fourth-order valence-corrected chi connectivity index (χ4v) is 4.92. The number of nitrogens with zero attached hydrogens (tertiary/aromatic N) is 3. The molecule has 2 heterocycles. The van der Waals surface area contributed by atoms with Crippen molar-refractivity contribution in [3.05, 3.63) is 64.2 Å². The van der Waals surface area contributed by atoms with Gasteiger partial charge in [-0.25, -0.2) is 0 Å². The molecular weight excluding hydrogens is 481 g/mol. The summed E-state index contributed by atoms with van der Waals surface area (Å²) in [6.45, 7) is 6.29. The van der Waals surface area contributed by atoms with Crippen molar-refractivity contribution in [1.29, 1.82) is 0 Å². The van der Waals surface area contributed by atoms with Gasteiger partial charge in [-0.3, -0.25) is 14.7 Å². The fraction of sp³-hybridized carbons (Fsp3) is 0.444. The highest BCUT2D eigenvalue weighted by atomic mass is 19.4. The number of aryl methyl sites for hydroxylation is 1. The topological polar surface area (TPSA) is 95.1 Å². The Balaban J connectivity index is 1.44. The first-order valence-corrected chi connectivity index (χ1v) is 12.5. The summed E-state index contributed by atoms with van der Waals surface area (Å²) in [6.07, 6.45) is -2.78. The van der Waals surface area contributed by atoms with E-state index in [1.165, 1.54) is 4.90 Å². The summed E-state index contributed by atoms with van der Waals surface area (Å²) in [5, 5.41) is 6.17. The van der Waals surface area contributed by atoms with Gasteiger partial charge < -0.3 is 16.4 Å². The zero-order valence-corrected chi connectivity index (χ0v) is 21.3. The second-order valence-corrected chi connectivity index (χ2v) is 9.66. The first kappa shape index (κ1) is 26.7. The van der Waals surface area contributed by atoms with Crippen molar-refractivity contribution in [3.63, 3.8) is 0 Å². The van der Waals surface area contributed by atoms with Crippen LogP contribution in [-0.4, -0.2) is 55.0 Å². The zero-order chi connectivity index (χ0) is 26.7. The van der Waals surface area contributed by atoms with Crippen molar-refractivity contribution in [2.24, 2.45) is 15.7 Å². The summed E-state index contributed by atoms with van der Waals surface area (Å²) < 4.78 is 38.0. The molecule has 0 bridgehead atoms. The summed E-state index contributed by atoms with van der Waals surface area (Å²) in [5.74, 6) is 0.823. The molecule has 1 amide bonds. The van der Waals surface area contributed by atoms with Gasteiger partial charge in [0.2, 0.25) is 5.96 Å². The van der Waals surface area contributed by atoms with E-state index in [0.29, 0.717) is 49.8 Å². The molecule has 0 aliphatic carbocycles. The van der Waals surface area contributed by atoms with E-state index in [9.17, 15) is 18.0 Å². The van der Waals surface area contributed by atoms with Gasteiger partial charge in [-0.1, -0.05) is 24.3 Å². The van der Waals surface area contributed by atoms with Crippen LogP contribution in [0.1, 0.15) is 71.3 Å². The van der Waals surface area contributed by atoms with Gasteiger partial charge in [0.1, 0.15) is 5.84 Å². The average molecular weight is 515 g/mol. The predicted octanol–water partition coefficient (Wildman–Crippen LogP) is 4.73. The largest absolute Gasteiger partial charge is 0.401 e. The first-order chi connectivity index (χ1) is 17.5. The Morgan fingerprint density at radius 2 is 1.86 bits per heavy atom. The van der Waals surface area contributed by atoms with Gasteiger partial charge in [0, 0.05) is 23.4 Å². The van der Waals surface area contributed by atoms with Gasteiger partial charge in [0.25, 0.3) is 5.91 Å². The Labute approximate surface area is 215 Å².